The quantitative estimate of drug-likeness (QED) is 0.622. The third-order valence-electron chi connectivity index (χ3n) is 2.30. The monoisotopic (exact) mass is 158 g/mol. The van der Waals surface area contributed by atoms with Gasteiger partial charge in [-0.2, -0.15) is 0 Å². The Hall–Kier alpha value is -0.570. The van der Waals surface area contributed by atoms with Crippen LogP contribution in [0.4, 0.5) is 0 Å². The van der Waals surface area contributed by atoms with Crippen LogP contribution in [0.1, 0.15) is 20.8 Å². The molecular formula is C8H14O3. The Labute approximate surface area is 66.4 Å². The van der Waals surface area contributed by atoms with Crippen molar-refractivity contribution in [1.29, 1.82) is 0 Å². The Morgan fingerprint density at radius 2 is 2.18 bits per heavy atom. The maximum atomic E-state index is 10.7. The molecule has 1 fully saturated rings. The molecule has 1 aliphatic rings. The van der Waals surface area contributed by atoms with Crippen LogP contribution in [-0.4, -0.2) is 23.8 Å². The average Bonchev–Trinajstić information content (AvgIpc) is 2.06. The summed E-state index contributed by atoms with van der Waals surface area (Å²) in [4.78, 5) is 10.7. The SMILES string of the molecule is CC1OCC(C)(C)C1C(=O)O. The van der Waals surface area contributed by atoms with Crippen LogP contribution in [0, 0.1) is 11.3 Å². The molecule has 0 radical (unpaired) electrons. The van der Waals surface area contributed by atoms with Gasteiger partial charge in [0, 0.05) is 5.41 Å². The Morgan fingerprint density at radius 3 is 2.36 bits per heavy atom. The highest BCUT2D eigenvalue weighted by molar-refractivity contribution is 5.72. The van der Waals surface area contributed by atoms with Gasteiger partial charge in [-0.3, -0.25) is 4.79 Å². The van der Waals surface area contributed by atoms with E-state index in [0.29, 0.717) is 6.61 Å². The van der Waals surface area contributed by atoms with Gasteiger partial charge in [-0.15, -0.1) is 0 Å². The molecule has 3 nitrogen and oxygen atoms in total. The zero-order chi connectivity index (χ0) is 8.65. The third-order valence-corrected chi connectivity index (χ3v) is 2.30. The van der Waals surface area contributed by atoms with E-state index in [1.807, 2.05) is 20.8 Å². The van der Waals surface area contributed by atoms with Crippen molar-refractivity contribution in [2.45, 2.75) is 26.9 Å². The van der Waals surface area contributed by atoms with Gasteiger partial charge in [-0.05, 0) is 6.92 Å². The number of ether oxygens (including phenoxy) is 1. The van der Waals surface area contributed by atoms with E-state index in [0.717, 1.165) is 0 Å². The van der Waals surface area contributed by atoms with Gasteiger partial charge in [0.15, 0.2) is 0 Å². The molecule has 1 rings (SSSR count). The van der Waals surface area contributed by atoms with Gasteiger partial charge in [0.1, 0.15) is 0 Å². The van der Waals surface area contributed by atoms with Gasteiger partial charge >= 0.3 is 5.97 Å². The second kappa shape index (κ2) is 2.48. The van der Waals surface area contributed by atoms with Crippen LogP contribution in [-0.2, 0) is 9.53 Å². The van der Waals surface area contributed by atoms with Crippen LogP contribution in [0.25, 0.3) is 0 Å². The zero-order valence-corrected chi connectivity index (χ0v) is 7.13. The van der Waals surface area contributed by atoms with Gasteiger partial charge in [0.2, 0.25) is 0 Å². The molecule has 2 unspecified atom stereocenters. The molecule has 0 aromatic rings. The molecule has 0 bridgehead atoms. The summed E-state index contributed by atoms with van der Waals surface area (Å²) in [7, 11) is 0. The number of carboxylic acid groups (broad SMARTS) is 1. The summed E-state index contributed by atoms with van der Waals surface area (Å²) in [6, 6.07) is 0. The fourth-order valence-electron chi connectivity index (χ4n) is 1.70. The van der Waals surface area contributed by atoms with Crippen molar-refractivity contribution >= 4 is 5.97 Å². The fourth-order valence-corrected chi connectivity index (χ4v) is 1.70. The molecule has 2 atom stereocenters. The van der Waals surface area contributed by atoms with E-state index in [4.69, 9.17) is 9.84 Å². The third kappa shape index (κ3) is 1.38. The van der Waals surface area contributed by atoms with Gasteiger partial charge in [0.25, 0.3) is 0 Å². The first-order chi connectivity index (χ1) is 4.95. The molecule has 0 spiro atoms. The van der Waals surface area contributed by atoms with E-state index in [1.54, 1.807) is 0 Å². The predicted octanol–water partition coefficient (Wildman–Crippen LogP) is 1.13. The predicted molar refractivity (Wildman–Crippen MR) is 40.3 cm³/mol. The second-order valence-corrected chi connectivity index (χ2v) is 3.82. The maximum Gasteiger partial charge on any atom is 0.309 e. The number of carboxylic acids is 1. The number of hydrogen-bond acceptors (Lipinski definition) is 2. The average molecular weight is 158 g/mol. The van der Waals surface area contributed by atoms with Crippen LogP contribution in [0.2, 0.25) is 0 Å². The molecule has 1 N–H and O–H groups in total. The fraction of sp³-hybridized carbons (Fsp3) is 0.875. The van der Waals surface area contributed by atoms with Gasteiger partial charge in [0.05, 0.1) is 18.6 Å². The summed E-state index contributed by atoms with van der Waals surface area (Å²) < 4.78 is 5.26. The molecule has 1 aliphatic heterocycles. The number of carbonyl (C=O) groups is 1. The largest absolute Gasteiger partial charge is 0.481 e. The second-order valence-electron chi connectivity index (χ2n) is 3.82. The highest BCUT2D eigenvalue weighted by Crippen LogP contribution is 2.37. The Balaban J connectivity index is 2.80. The summed E-state index contributed by atoms with van der Waals surface area (Å²) in [5.41, 5.74) is -0.217. The van der Waals surface area contributed by atoms with E-state index in [2.05, 4.69) is 0 Å². The summed E-state index contributed by atoms with van der Waals surface area (Å²) in [6.07, 6.45) is -0.150. The van der Waals surface area contributed by atoms with Crippen molar-refractivity contribution in [2.75, 3.05) is 6.61 Å². The lowest BCUT2D eigenvalue weighted by atomic mass is 9.79. The standard InChI is InChI=1S/C8H14O3/c1-5-6(7(9)10)8(2,3)4-11-5/h5-6H,4H2,1-3H3,(H,9,10). The van der Waals surface area contributed by atoms with Crippen molar-refractivity contribution in [3.63, 3.8) is 0 Å². The van der Waals surface area contributed by atoms with E-state index < -0.39 is 5.97 Å². The maximum absolute atomic E-state index is 10.7. The Bertz CT molecular complexity index is 174. The van der Waals surface area contributed by atoms with Crippen molar-refractivity contribution in [3.8, 4) is 0 Å². The highest BCUT2D eigenvalue weighted by atomic mass is 16.5. The first kappa shape index (κ1) is 8.53. The van der Waals surface area contributed by atoms with Crippen LogP contribution >= 0.6 is 0 Å². The minimum atomic E-state index is -0.750. The summed E-state index contributed by atoms with van der Waals surface area (Å²) >= 11 is 0. The number of aliphatic carboxylic acids is 1. The van der Waals surface area contributed by atoms with Gasteiger partial charge < -0.3 is 9.84 Å². The lowest BCUT2D eigenvalue weighted by Crippen LogP contribution is -2.32. The number of rotatable bonds is 1. The topological polar surface area (TPSA) is 46.5 Å². The molecule has 0 aromatic carbocycles. The molecule has 3 heteroatoms. The molecular weight excluding hydrogens is 144 g/mol. The van der Waals surface area contributed by atoms with Gasteiger partial charge in [-0.25, -0.2) is 0 Å². The van der Waals surface area contributed by atoms with E-state index in [-0.39, 0.29) is 17.4 Å². The smallest absolute Gasteiger partial charge is 0.309 e. The Morgan fingerprint density at radius 1 is 1.64 bits per heavy atom. The Kier molecular flexibility index (Phi) is 1.92. The minimum absolute atomic E-state index is 0.150. The van der Waals surface area contributed by atoms with Crippen LogP contribution in [0.15, 0.2) is 0 Å². The van der Waals surface area contributed by atoms with Crippen LogP contribution in [0.5, 0.6) is 0 Å². The van der Waals surface area contributed by atoms with Crippen molar-refractivity contribution in [1.82, 2.24) is 0 Å². The summed E-state index contributed by atoms with van der Waals surface area (Å²) in [6.45, 7) is 6.21. The zero-order valence-electron chi connectivity index (χ0n) is 7.13. The summed E-state index contributed by atoms with van der Waals surface area (Å²) in [5.74, 6) is -1.11. The molecule has 1 heterocycles. The van der Waals surface area contributed by atoms with E-state index in [9.17, 15) is 4.79 Å². The molecule has 0 saturated carbocycles. The van der Waals surface area contributed by atoms with E-state index in [1.165, 1.54) is 0 Å². The first-order valence-electron chi connectivity index (χ1n) is 3.79. The van der Waals surface area contributed by atoms with E-state index >= 15 is 0 Å². The van der Waals surface area contributed by atoms with Crippen LogP contribution < -0.4 is 0 Å². The molecule has 0 aliphatic carbocycles. The van der Waals surface area contributed by atoms with Crippen molar-refractivity contribution < 1.29 is 14.6 Å². The highest BCUT2D eigenvalue weighted by Gasteiger charge is 2.45. The number of hydrogen-bond donors (Lipinski definition) is 1. The molecule has 11 heavy (non-hydrogen) atoms. The lowest BCUT2D eigenvalue weighted by Gasteiger charge is -2.22. The molecule has 0 amide bonds. The minimum Gasteiger partial charge on any atom is -0.481 e. The lowest BCUT2D eigenvalue weighted by molar-refractivity contribution is -0.145. The summed E-state index contributed by atoms with van der Waals surface area (Å²) in [5, 5.41) is 8.84. The molecule has 1 saturated heterocycles. The molecule has 64 valence electrons. The van der Waals surface area contributed by atoms with Crippen LogP contribution in [0.3, 0.4) is 0 Å². The first-order valence-corrected chi connectivity index (χ1v) is 3.79. The van der Waals surface area contributed by atoms with Crippen molar-refractivity contribution in [3.05, 3.63) is 0 Å². The normalized spacial score (nSPS) is 35.5. The van der Waals surface area contributed by atoms with Gasteiger partial charge in [-0.1, -0.05) is 13.8 Å². The van der Waals surface area contributed by atoms with Crippen molar-refractivity contribution in [2.24, 2.45) is 11.3 Å². The molecule has 0 aromatic heterocycles.